The Hall–Kier alpha value is -2.10. The van der Waals surface area contributed by atoms with Gasteiger partial charge in [-0.05, 0) is 37.0 Å². The lowest BCUT2D eigenvalue weighted by atomic mass is 10.0. The van der Waals surface area contributed by atoms with Crippen LogP contribution in [-0.4, -0.2) is 16.5 Å². The largest absolute Gasteiger partial charge is 0.439 e. The summed E-state index contributed by atoms with van der Waals surface area (Å²) in [6.07, 6.45) is 2.59. The molecule has 0 radical (unpaired) electrons. The van der Waals surface area contributed by atoms with Crippen molar-refractivity contribution in [2.75, 3.05) is 11.9 Å². The molecule has 2 rings (SSSR count). The molecule has 1 heterocycles. The summed E-state index contributed by atoms with van der Waals surface area (Å²) in [4.78, 5) is 8.51. The molecule has 21 heavy (non-hydrogen) atoms. The van der Waals surface area contributed by atoms with Crippen molar-refractivity contribution in [1.82, 2.24) is 9.97 Å². The summed E-state index contributed by atoms with van der Waals surface area (Å²) >= 11 is 0. The molecule has 0 unspecified atom stereocenters. The lowest BCUT2D eigenvalue weighted by molar-refractivity contribution is 0.457. The fourth-order valence-electron chi connectivity index (χ4n) is 2.01. The Morgan fingerprint density at radius 1 is 1.24 bits per heavy atom. The summed E-state index contributed by atoms with van der Waals surface area (Å²) < 4.78 is 5.93. The van der Waals surface area contributed by atoms with Crippen molar-refractivity contribution in [1.29, 1.82) is 0 Å². The predicted octanol–water partition coefficient (Wildman–Crippen LogP) is 4.52. The molecule has 1 aromatic carbocycles. The zero-order chi connectivity index (χ0) is 15.2. The minimum atomic E-state index is 0.474. The van der Waals surface area contributed by atoms with Gasteiger partial charge >= 0.3 is 0 Å². The molecule has 4 heteroatoms. The van der Waals surface area contributed by atoms with E-state index in [1.165, 1.54) is 11.9 Å². The topological polar surface area (TPSA) is 47.0 Å². The van der Waals surface area contributed by atoms with Crippen molar-refractivity contribution < 1.29 is 4.74 Å². The molecule has 0 bridgehead atoms. The van der Waals surface area contributed by atoms with Crippen LogP contribution in [0.3, 0.4) is 0 Å². The van der Waals surface area contributed by atoms with Crippen molar-refractivity contribution in [2.45, 2.75) is 40.0 Å². The molecule has 0 saturated heterocycles. The second-order valence-electron chi connectivity index (χ2n) is 5.41. The molecule has 0 aliphatic heterocycles. The van der Waals surface area contributed by atoms with Gasteiger partial charge in [0.05, 0.1) is 5.56 Å². The van der Waals surface area contributed by atoms with Gasteiger partial charge in [-0.1, -0.05) is 32.9 Å². The minimum absolute atomic E-state index is 0.474. The van der Waals surface area contributed by atoms with Gasteiger partial charge in [-0.3, -0.25) is 0 Å². The Bertz CT molecular complexity index is 596. The van der Waals surface area contributed by atoms with Crippen LogP contribution in [0.15, 0.2) is 30.6 Å². The first-order valence-electron chi connectivity index (χ1n) is 7.45. The SMILES string of the molecule is CCCNc1ncnc(Oc2cccc(C(C)C)c2)c1C. The third-order valence-corrected chi connectivity index (χ3v) is 3.32. The van der Waals surface area contributed by atoms with Gasteiger partial charge < -0.3 is 10.1 Å². The van der Waals surface area contributed by atoms with Crippen LogP contribution in [0, 0.1) is 6.92 Å². The highest BCUT2D eigenvalue weighted by molar-refractivity contribution is 5.48. The lowest BCUT2D eigenvalue weighted by Crippen LogP contribution is -2.05. The second-order valence-corrected chi connectivity index (χ2v) is 5.41. The van der Waals surface area contributed by atoms with E-state index in [1.807, 2.05) is 19.1 Å². The van der Waals surface area contributed by atoms with Crippen LogP contribution >= 0.6 is 0 Å². The van der Waals surface area contributed by atoms with Crippen LogP contribution in [0.1, 0.15) is 44.2 Å². The van der Waals surface area contributed by atoms with Crippen LogP contribution in [-0.2, 0) is 0 Å². The molecule has 0 aliphatic rings. The van der Waals surface area contributed by atoms with E-state index in [1.54, 1.807) is 0 Å². The Kier molecular flexibility index (Phi) is 5.14. The molecule has 0 spiro atoms. The number of anilines is 1. The van der Waals surface area contributed by atoms with E-state index in [2.05, 4.69) is 48.2 Å². The molecule has 0 saturated carbocycles. The van der Waals surface area contributed by atoms with Crippen molar-refractivity contribution >= 4 is 5.82 Å². The van der Waals surface area contributed by atoms with Gasteiger partial charge in [-0.25, -0.2) is 9.97 Å². The maximum absolute atomic E-state index is 5.93. The van der Waals surface area contributed by atoms with Gasteiger partial charge in [0.2, 0.25) is 5.88 Å². The van der Waals surface area contributed by atoms with Gasteiger partial charge in [-0.15, -0.1) is 0 Å². The number of hydrogen-bond donors (Lipinski definition) is 1. The number of ether oxygens (including phenoxy) is 1. The molecule has 1 N–H and O–H groups in total. The zero-order valence-electron chi connectivity index (χ0n) is 13.2. The molecule has 0 fully saturated rings. The van der Waals surface area contributed by atoms with E-state index in [9.17, 15) is 0 Å². The van der Waals surface area contributed by atoms with Gasteiger partial charge in [0, 0.05) is 6.54 Å². The summed E-state index contributed by atoms with van der Waals surface area (Å²) in [7, 11) is 0. The highest BCUT2D eigenvalue weighted by atomic mass is 16.5. The summed E-state index contributed by atoms with van der Waals surface area (Å²) in [6, 6.07) is 8.13. The van der Waals surface area contributed by atoms with Gasteiger partial charge in [0.15, 0.2) is 0 Å². The first-order valence-corrected chi connectivity index (χ1v) is 7.45. The standard InChI is InChI=1S/C17H23N3O/c1-5-9-18-16-13(4)17(20-11-19-16)21-15-8-6-7-14(10-15)12(2)3/h6-8,10-12H,5,9H2,1-4H3,(H,18,19,20). The minimum Gasteiger partial charge on any atom is -0.439 e. The third-order valence-electron chi connectivity index (χ3n) is 3.32. The maximum Gasteiger partial charge on any atom is 0.227 e. The number of aromatic nitrogens is 2. The summed E-state index contributed by atoms with van der Waals surface area (Å²) in [5, 5.41) is 3.29. The Morgan fingerprint density at radius 2 is 2.05 bits per heavy atom. The van der Waals surface area contributed by atoms with E-state index in [0.717, 1.165) is 30.1 Å². The van der Waals surface area contributed by atoms with Crippen molar-refractivity contribution in [2.24, 2.45) is 0 Å². The number of benzene rings is 1. The Balaban J connectivity index is 2.21. The van der Waals surface area contributed by atoms with Crippen LogP contribution < -0.4 is 10.1 Å². The summed E-state index contributed by atoms with van der Waals surface area (Å²) in [5.74, 6) is 2.72. The fraction of sp³-hybridized carbons (Fsp3) is 0.412. The normalized spacial score (nSPS) is 10.7. The van der Waals surface area contributed by atoms with Gasteiger partial charge in [-0.2, -0.15) is 0 Å². The van der Waals surface area contributed by atoms with E-state index in [4.69, 9.17) is 4.74 Å². The number of hydrogen-bond acceptors (Lipinski definition) is 4. The van der Waals surface area contributed by atoms with E-state index in [0.29, 0.717) is 11.8 Å². The number of nitrogens with one attached hydrogen (secondary N) is 1. The summed E-state index contributed by atoms with van der Waals surface area (Å²) in [5.41, 5.74) is 2.18. The monoisotopic (exact) mass is 285 g/mol. The molecule has 0 aliphatic carbocycles. The quantitative estimate of drug-likeness (QED) is 0.847. The van der Waals surface area contributed by atoms with Crippen LogP contribution in [0.5, 0.6) is 11.6 Å². The van der Waals surface area contributed by atoms with E-state index < -0.39 is 0 Å². The third kappa shape index (κ3) is 3.94. The molecular formula is C17H23N3O. The van der Waals surface area contributed by atoms with Crippen LogP contribution in [0.2, 0.25) is 0 Å². The van der Waals surface area contributed by atoms with E-state index in [-0.39, 0.29) is 0 Å². The fourth-order valence-corrected chi connectivity index (χ4v) is 2.01. The van der Waals surface area contributed by atoms with Crippen molar-refractivity contribution in [3.8, 4) is 11.6 Å². The first kappa shape index (κ1) is 15.3. The van der Waals surface area contributed by atoms with Crippen molar-refractivity contribution in [3.05, 3.63) is 41.7 Å². The lowest BCUT2D eigenvalue weighted by Gasteiger charge is -2.13. The molecule has 1 aromatic heterocycles. The van der Waals surface area contributed by atoms with Crippen LogP contribution in [0.25, 0.3) is 0 Å². The highest BCUT2D eigenvalue weighted by Gasteiger charge is 2.09. The average molecular weight is 285 g/mol. The molecule has 0 atom stereocenters. The Morgan fingerprint density at radius 3 is 2.76 bits per heavy atom. The van der Waals surface area contributed by atoms with Crippen molar-refractivity contribution in [3.63, 3.8) is 0 Å². The molecular weight excluding hydrogens is 262 g/mol. The molecule has 2 aromatic rings. The maximum atomic E-state index is 5.93. The van der Waals surface area contributed by atoms with Gasteiger partial charge in [0.1, 0.15) is 17.9 Å². The first-order chi connectivity index (χ1) is 10.1. The second kappa shape index (κ2) is 7.07. The average Bonchev–Trinajstić information content (AvgIpc) is 2.48. The smallest absolute Gasteiger partial charge is 0.227 e. The van der Waals surface area contributed by atoms with E-state index >= 15 is 0 Å². The Labute approximate surface area is 126 Å². The zero-order valence-corrected chi connectivity index (χ0v) is 13.2. The summed E-state index contributed by atoms with van der Waals surface area (Å²) in [6.45, 7) is 9.32. The van der Waals surface area contributed by atoms with Crippen LogP contribution in [0.4, 0.5) is 5.82 Å². The molecule has 4 nitrogen and oxygen atoms in total. The highest BCUT2D eigenvalue weighted by Crippen LogP contribution is 2.28. The molecule has 0 amide bonds. The van der Waals surface area contributed by atoms with Gasteiger partial charge in [0.25, 0.3) is 0 Å². The number of rotatable bonds is 6. The molecule has 112 valence electrons. The number of nitrogens with zero attached hydrogens (tertiary/aromatic N) is 2. The predicted molar refractivity (Wildman–Crippen MR) is 86.2 cm³/mol.